The highest BCUT2D eigenvalue weighted by atomic mass is 16.5. The molecule has 0 aromatic rings. The molecule has 0 bridgehead atoms. The van der Waals surface area contributed by atoms with Crippen LogP contribution >= 0.6 is 0 Å². The molecule has 3 aliphatic rings. The van der Waals surface area contributed by atoms with Gasteiger partial charge in [-0.3, -0.25) is 9.59 Å². The molecule has 0 heterocycles. The van der Waals surface area contributed by atoms with Crippen molar-refractivity contribution in [3.63, 3.8) is 0 Å². The number of methoxy groups -OCH3 is 1. The number of carbonyl (C=O) groups excluding carboxylic acids is 3. The van der Waals surface area contributed by atoms with E-state index in [1.807, 2.05) is 38.2 Å². The summed E-state index contributed by atoms with van der Waals surface area (Å²) >= 11 is 0. The first-order valence-electron chi connectivity index (χ1n) is 14.3. The summed E-state index contributed by atoms with van der Waals surface area (Å²) in [5.41, 5.74) is -0.324. The number of aliphatic hydroxyl groups is 1. The highest BCUT2D eigenvalue weighted by Crippen LogP contribution is 2.69. The van der Waals surface area contributed by atoms with E-state index in [-0.39, 0.29) is 29.1 Å². The van der Waals surface area contributed by atoms with Gasteiger partial charge in [-0.2, -0.15) is 0 Å². The average Bonchev–Trinajstić information content (AvgIpc) is 3.11. The van der Waals surface area contributed by atoms with Crippen molar-refractivity contribution < 1.29 is 34.1 Å². The van der Waals surface area contributed by atoms with E-state index in [2.05, 4.69) is 13.8 Å². The number of rotatable bonds is 8. The molecule has 3 rings (SSSR count). The first-order chi connectivity index (χ1) is 18.4. The van der Waals surface area contributed by atoms with Gasteiger partial charge in [0, 0.05) is 36.9 Å². The van der Waals surface area contributed by atoms with E-state index >= 15 is 0 Å². The third-order valence-corrected chi connectivity index (χ3v) is 10.1. The molecule has 0 aliphatic heterocycles. The van der Waals surface area contributed by atoms with Gasteiger partial charge in [-0.25, -0.2) is 0 Å². The minimum Gasteiger partial charge on any atom is -0.549 e. The summed E-state index contributed by atoms with van der Waals surface area (Å²) in [6, 6.07) is 0. The van der Waals surface area contributed by atoms with Crippen LogP contribution in [-0.2, 0) is 23.9 Å². The Bertz CT molecular complexity index is 1150. The molecule has 3 aliphatic carbocycles. The second-order valence-corrected chi connectivity index (χ2v) is 13.4. The third kappa shape index (κ3) is 5.78. The number of esters is 1. The molecule has 7 nitrogen and oxygen atoms in total. The second-order valence-electron chi connectivity index (χ2n) is 13.4. The van der Waals surface area contributed by atoms with Gasteiger partial charge in [0.1, 0.15) is 6.10 Å². The molecular weight excluding hydrogens is 508 g/mol. The Kier molecular flexibility index (Phi) is 9.12. The monoisotopic (exact) mass is 555 g/mol. The molecule has 0 spiro atoms. The van der Waals surface area contributed by atoms with Crippen LogP contribution in [0.3, 0.4) is 0 Å². The van der Waals surface area contributed by atoms with Gasteiger partial charge >= 0.3 is 5.97 Å². The molecule has 222 valence electrons. The lowest BCUT2D eigenvalue weighted by Gasteiger charge is -2.63. The minimum absolute atomic E-state index is 0.0105. The summed E-state index contributed by atoms with van der Waals surface area (Å²) in [5, 5.41) is 22.6. The average molecular weight is 556 g/mol. The number of Topliss-reactive ketones (excluding diaryl/α,β-unsaturated/α-hetero) is 1. The summed E-state index contributed by atoms with van der Waals surface area (Å²) in [6.07, 6.45) is 11.2. The van der Waals surface area contributed by atoms with E-state index in [1.54, 1.807) is 34.0 Å². The van der Waals surface area contributed by atoms with E-state index < -0.39 is 34.5 Å². The summed E-state index contributed by atoms with van der Waals surface area (Å²) in [4.78, 5) is 38.0. The number of carbonyl (C=O) groups is 3. The van der Waals surface area contributed by atoms with Gasteiger partial charge in [0.25, 0.3) is 0 Å². The van der Waals surface area contributed by atoms with Gasteiger partial charge in [-0.15, -0.1) is 0 Å². The Hall–Kier alpha value is -2.51. The van der Waals surface area contributed by atoms with Crippen LogP contribution in [0.15, 0.2) is 47.1 Å². The maximum atomic E-state index is 13.6. The molecule has 1 unspecified atom stereocenters. The lowest BCUT2D eigenvalue weighted by Crippen LogP contribution is -2.64. The maximum absolute atomic E-state index is 13.6. The van der Waals surface area contributed by atoms with Gasteiger partial charge in [-0.1, -0.05) is 51.2 Å². The molecule has 1 N–H and O–H groups in total. The van der Waals surface area contributed by atoms with Crippen molar-refractivity contribution in [3.8, 4) is 0 Å². The number of carboxylic acids is 1. The number of carboxylic acid groups (broad SMARTS) is 1. The van der Waals surface area contributed by atoms with Crippen molar-refractivity contribution in [1.29, 1.82) is 0 Å². The number of allylic oxidation sites excluding steroid dienone is 5. The van der Waals surface area contributed by atoms with Crippen LogP contribution in [0.25, 0.3) is 0 Å². The standard InChI is InChI=1S/C33H48O7/c1-20(24(39-9)13-16-30(4,5)38)11-10-12-21(2)28-23(35)19-26-31(6)18-15-27(40-22(3)34)33(8,29(36)37)25(31)14-17-32(26,28)7/h10-13,16,24-27,38H,14-15,17-19H2,1-9H3,(H,36,37)/p-1/b12-10+,16-13+,20-11+,28-21+/t24?,25-,26+,27-,31+,32+,33-/m1/s1. The third-order valence-electron chi connectivity index (χ3n) is 10.1. The summed E-state index contributed by atoms with van der Waals surface area (Å²) in [7, 11) is 1.62. The Morgan fingerprint density at radius 2 is 1.75 bits per heavy atom. The van der Waals surface area contributed by atoms with Crippen LogP contribution in [0.4, 0.5) is 0 Å². The van der Waals surface area contributed by atoms with E-state index in [9.17, 15) is 24.6 Å². The van der Waals surface area contributed by atoms with Crippen LogP contribution in [0.2, 0.25) is 0 Å². The lowest BCUT2D eigenvalue weighted by molar-refractivity contribution is -0.334. The highest BCUT2D eigenvalue weighted by molar-refractivity contribution is 6.01. The molecule has 7 heteroatoms. The zero-order valence-electron chi connectivity index (χ0n) is 25.6. The first kappa shape index (κ1) is 32.0. The predicted octanol–water partition coefficient (Wildman–Crippen LogP) is 4.64. The minimum atomic E-state index is -1.32. The van der Waals surface area contributed by atoms with Crippen LogP contribution in [-0.4, -0.2) is 47.7 Å². The molecule has 0 amide bonds. The molecule has 0 aromatic carbocycles. The van der Waals surface area contributed by atoms with Crippen LogP contribution < -0.4 is 5.11 Å². The Morgan fingerprint density at radius 3 is 2.30 bits per heavy atom. The van der Waals surface area contributed by atoms with Gasteiger partial charge in [0.15, 0.2) is 5.78 Å². The molecule has 7 atom stereocenters. The fourth-order valence-corrected chi connectivity index (χ4v) is 8.17. The number of hydrogen-bond acceptors (Lipinski definition) is 7. The first-order valence-corrected chi connectivity index (χ1v) is 14.3. The predicted molar refractivity (Wildman–Crippen MR) is 152 cm³/mol. The Balaban J connectivity index is 1.93. The largest absolute Gasteiger partial charge is 0.549 e. The number of ketones is 1. The Labute approximate surface area is 239 Å². The number of aliphatic carboxylic acids is 1. The van der Waals surface area contributed by atoms with Crippen molar-refractivity contribution in [2.45, 2.75) is 105 Å². The van der Waals surface area contributed by atoms with Crippen molar-refractivity contribution >= 4 is 17.7 Å². The van der Waals surface area contributed by atoms with E-state index in [0.29, 0.717) is 32.1 Å². The lowest BCUT2D eigenvalue weighted by atomic mass is 9.42. The van der Waals surface area contributed by atoms with Crippen molar-refractivity contribution in [3.05, 3.63) is 47.1 Å². The zero-order valence-corrected chi connectivity index (χ0v) is 25.6. The van der Waals surface area contributed by atoms with E-state index in [4.69, 9.17) is 9.47 Å². The van der Waals surface area contributed by atoms with Gasteiger partial charge < -0.3 is 24.5 Å². The second kappa shape index (κ2) is 11.4. The molecular formula is C33H47O7-. The van der Waals surface area contributed by atoms with Gasteiger partial charge in [0.05, 0.1) is 17.7 Å². The molecule has 0 aromatic heterocycles. The maximum Gasteiger partial charge on any atom is 0.302 e. The van der Waals surface area contributed by atoms with E-state index in [0.717, 1.165) is 16.7 Å². The van der Waals surface area contributed by atoms with Crippen molar-refractivity contribution in [2.24, 2.45) is 28.1 Å². The van der Waals surface area contributed by atoms with Crippen LogP contribution in [0, 0.1) is 28.1 Å². The fraction of sp³-hybridized carbons (Fsp3) is 0.667. The SMILES string of the molecule is COC(/C=C/C(C)(C)O)/C(C)=C/C=C/C(C)=C1\C(=O)C[C@H]2[C@@]3(C)CC[C@@H](OC(C)=O)[C@](C)(C(=O)[O-])[C@@H]3CC[C@]12C. The van der Waals surface area contributed by atoms with Crippen LogP contribution in [0.5, 0.6) is 0 Å². The van der Waals surface area contributed by atoms with Crippen molar-refractivity contribution in [1.82, 2.24) is 0 Å². The van der Waals surface area contributed by atoms with Gasteiger partial charge in [0.2, 0.25) is 0 Å². The molecule has 0 radical (unpaired) electrons. The Morgan fingerprint density at radius 1 is 1.10 bits per heavy atom. The normalized spacial score (nSPS) is 36.9. The fourth-order valence-electron chi connectivity index (χ4n) is 8.17. The quantitative estimate of drug-likeness (QED) is 0.201. The summed E-state index contributed by atoms with van der Waals surface area (Å²) in [5.74, 6) is -1.83. The summed E-state index contributed by atoms with van der Waals surface area (Å²) < 4.78 is 11.1. The topological polar surface area (TPSA) is 113 Å². The zero-order chi connectivity index (χ0) is 30.3. The number of fused-ring (bicyclic) bond motifs is 3. The van der Waals surface area contributed by atoms with Crippen molar-refractivity contribution in [2.75, 3.05) is 7.11 Å². The highest BCUT2D eigenvalue weighted by Gasteiger charge is 2.66. The summed E-state index contributed by atoms with van der Waals surface area (Å²) in [6.45, 7) is 14.6. The smallest absolute Gasteiger partial charge is 0.302 e. The number of hydrogen-bond donors (Lipinski definition) is 1. The molecule has 0 saturated heterocycles. The molecule has 40 heavy (non-hydrogen) atoms. The van der Waals surface area contributed by atoms with Gasteiger partial charge in [-0.05, 0) is 81.8 Å². The molecule has 3 saturated carbocycles. The van der Waals surface area contributed by atoms with Crippen LogP contribution in [0.1, 0.15) is 87.5 Å². The number of ether oxygens (including phenoxy) is 2. The van der Waals surface area contributed by atoms with E-state index in [1.165, 1.54) is 6.92 Å². The molecule has 3 fully saturated rings.